The summed E-state index contributed by atoms with van der Waals surface area (Å²) in [6.07, 6.45) is 1.57. The topological polar surface area (TPSA) is 86.8 Å². The van der Waals surface area contributed by atoms with Crippen molar-refractivity contribution in [3.05, 3.63) is 64.7 Å². The molecule has 0 unspecified atom stereocenters. The molecule has 2 aromatic rings. The maximum Gasteiger partial charge on any atom is 0.244 e. The van der Waals surface area contributed by atoms with Crippen molar-refractivity contribution in [1.29, 1.82) is 0 Å². The molecule has 1 N–H and O–H groups in total. The Morgan fingerprint density at radius 1 is 1.06 bits per heavy atom. The lowest BCUT2D eigenvalue weighted by Gasteiger charge is -2.32. The summed E-state index contributed by atoms with van der Waals surface area (Å²) in [5, 5.41) is 3.19. The third-order valence-corrected chi connectivity index (χ3v) is 6.56. The van der Waals surface area contributed by atoms with Crippen LogP contribution in [0.4, 0.5) is 5.69 Å². The van der Waals surface area contributed by atoms with Crippen molar-refractivity contribution >= 4 is 39.1 Å². The highest BCUT2D eigenvalue weighted by molar-refractivity contribution is 7.92. The van der Waals surface area contributed by atoms with E-state index in [9.17, 15) is 18.0 Å². The molecule has 0 aliphatic carbocycles. The highest BCUT2D eigenvalue weighted by Crippen LogP contribution is 2.26. The lowest BCUT2D eigenvalue weighted by molar-refractivity contribution is -0.139. The second kappa shape index (κ2) is 11.5. The third-order valence-electron chi connectivity index (χ3n) is 5.20. The fourth-order valence-corrected chi connectivity index (χ4v) is 4.49. The van der Waals surface area contributed by atoms with E-state index in [0.29, 0.717) is 22.7 Å². The van der Waals surface area contributed by atoms with E-state index >= 15 is 0 Å². The van der Waals surface area contributed by atoms with Gasteiger partial charge in [0.15, 0.2) is 0 Å². The summed E-state index contributed by atoms with van der Waals surface area (Å²) in [5.74, 6) is -0.765. The van der Waals surface area contributed by atoms with Crippen molar-refractivity contribution in [2.45, 2.75) is 46.2 Å². The maximum atomic E-state index is 13.4. The molecule has 2 aromatic carbocycles. The average molecular weight is 494 g/mol. The first-order valence-corrected chi connectivity index (χ1v) is 13.0. The molecule has 180 valence electrons. The molecule has 0 aliphatic heterocycles. The molecule has 7 nitrogen and oxygen atoms in total. The van der Waals surface area contributed by atoms with Gasteiger partial charge in [-0.25, -0.2) is 8.42 Å². The Morgan fingerprint density at radius 2 is 1.70 bits per heavy atom. The SMILES string of the molecule is Cc1ccc(Cl)cc1N(CC(=O)N(CCc1ccccc1)[C@@H](C)C(=O)NC(C)C)S(C)(=O)=O. The molecule has 9 heteroatoms. The van der Waals surface area contributed by atoms with Crippen LogP contribution in [0.1, 0.15) is 31.9 Å². The van der Waals surface area contributed by atoms with Crippen molar-refractivity contribution in [1.82, 2.24) is 10.2 Å². The fourth-order valence-electron chi connectivity index (χ4n) is 3.42. The number of benzene rings is 2. The van der Waals surface area contributed by atoms with Gasteiger partial charge < -0.3 is 10.2 Å². The van der Waals surface area contributed by atoms with Gasteiger partial charge in [0.2, 0.25) is 21.8 Å². The lowest BCUT2D eigenvalue weighted by Crippen LogP contribution is -2.53. The van der Waals surface area contributed by atoms with E-state index in [1.165, 1.54) is 11.0 Å². The van der Waals surface area contributed by atoms with E-state index in [4.69, 9.17) is 11.6 Å². The minimum atomic E-state index is -3.79. The lowest BCUT2D eigenvalue weighted by atomic mass is 10.1. The largest absolute Gasteiger partial charge is 0.352 e. The minimum absolute atomic E-state index is 0.0901. The number of anilines is 1. The number of halogens is 1. The standard InChI is InChI=1S/C24H32ClN3O4S/c1-17(2)26-24(30)19(4)27(14-13-20-9-7-6-8-10-20)23(29)16-28(33(5,31)32)22-15-21(25)12-11-18(22)3/h6-12,15,17,19H,13-14,16H2,1-5H3,(H,26,30)/t19-/m0/s1. The Bertz CT molecular complexity index is 1070. The number of aryl methyl sites for hydroxylation is 1. The molecule has 33 heavy (non-hydrogen) atoms. The van der Waals surface area contributed by atoms with Gasteiger partial charge in [-0.05, 0) is 57.4 Å². The van der Waals surface area contributed by atoms with Crippen LogP contribution in [0.15, 0.2) is 48.5 Å². The van der Waals surface area contributed by atoms with Crippen molar-refractivity contribution in [2.24, 2.45) is 0 Å². The average Bonchev–Trinajstić information content (AvgIpc) is 2.73. The first kappa shape index (κ1) is 26.7. The van der Waals surface area contributed by atoms with E-state index in [1.54, 1.807) is 26.0 Å². The Morgan fingerprint density at radius 3 is 2.27 bits per heavy atom. The molecule has 0 saturated carbocycles. The van der Waals surface area contributed by atoms with Crippen LogP contribution in [0.2, 0.25) is 5.02 Å². The molecule has 0 aromatic heterocycles. The molecule has 2 amide bonds. The van der Waals surface area contributed by atoms with E-state index in [-0.39, 0.29) is 18.5 Å². The molecular formula is C24H32ClN3O4S. The fraction of sp³-hybridized carbons (Fsp3) is 0.417. The van der Waals surface area contributed by atoms with Crippen molar-refractivity contribution in [3.63, 3.8) is 0 Å². The van der Waals surface area contributed by atoms with Crippen LogP contribution >= 0.6 is 11.6 Å². The minimum Gasteiger partial charge on any atom is -0.352 e. The second-order valence-electron chi connectivity index (χ2n) is 8.36. The molecule has 1 atom stereocenters. The molecule has 0 bridgehead atoms. The first-order valence-electron chi connectivity index (χ1n) is 10.8. The molecule has 0 aliphatic rings. The number of rotatable bonds is 10. The zero-order valence-electron chi connectivity index (χ0n) is 19.7. The molecule has 0 fully saturated rings. The van der Waals surface area contributed by atoms with E-state index in [0.717, 1.165) is 16.1 Å². The van der Waals surface area contributed by atoms with Crippen molar-refractivity contribution in [3.8, 4) is 0 Å². The van der Waals surface area contributed by atoms with Crippen LogP contribution in [0.5, 0.6) is 0 Å². The molecule has 0 radical (unpaired) electrons. The van der Waals surface area contributed by atoms with Gasteiger partial charge in [0, 0.05) is 17.6 Å². The zero-order chi connectivity index (χ0) is 24.8. The zero-order valence-corrected chi connectivity index (χ0v) is 21.3. The molecule has 2 rings (SSSR count). The number of nitrogens with one attached hydrogen (secondary N) is 1. The number of hydrogen-bond acceptors (Lipinski definition) is 4. The van der Waals surface area contributed by atoms with Crippen LogP contribution in [-0.4, -0.2) is 56.6 Å². The Kier molecular flexibility index (Phi) is 9.31. The van der Waals surface area contributed by atoms with Gasteiger partial charge in [-0.15, -0.1) is 0 Å². The van der Waals surface area contributed by atoms with Gasteiger partial charge >= 0.3 is 0 Å². The summed E-state index contributed by atoms with van der Waals surface area (Å²) in [7, 11) is -3.79. The second-order valence-corrected chi connectivity index (χ2v) is 10.7. The predicted octanol–water partition coefficient (Wildman–Crippen LogP) is 3.40. The number of carbonyl (C=O) groups excluding carboxylic acids is 2. The number of amides is 2. The van der Waals surface area contributed by atoms with E-state index in [2.05, 4.69) is 5.32 Å². The van der Waals surface area contributed by atoms with Gasteiger partial charge in [0.25, 0.3) is 0 Å². The Labute approximate surface area is 201 Å². The van der Waals surface area contributed by atoms with E-state index < -0.39 is 28.5 Å². The summed E-state index contributed by atoms with van der Waals surface area (Å²) in [6.45, 7) is 6.91. The summed E-state index contributed by atoms with van der Waals surface area (Å²) in [5.41, 5.74) is 2.01. The van der Waals surface area contributed by atoms with E-state index in [1.807, 2.05) is 44.2 Å². The first-order chi connectivity index (χ1) is 15.4. The summed E-state index contributed by atoms with van der Waals surface area (Å²) >= 11 is 6.10. The van der Waals surface area contributed by atoms with Crippen molar-refractivity contribution < 1.29 is 18.0 Å². The normalized spacial score (nSPS) is 12.3. The van der Waals surface area contributed by atoms with Crippen LogP contribution in [0.25, 0.3) is 0 Å². The summed E-state index contributed by atoms with van der Waals surface area (Å²) in [4.78, 5) is 27.6. The highest BCUT2D eigenvalue weighted by Gasteiger charge is 2.30. The van der Waals surface area contributed by atoms with Crippen LogP contribution in [0.3, 0.4) is 0 Å². The number of nitrogens with zero attached hydrogens (tertiary/aromatic N) is 2. The van der Waals surface area contributed by atoms with Gasteiger partial charge in [-0.2, -0.15) is 0 Å². The number of sulfonamides is 1. The van der Waals surface area contributed by atoms with Crippen LogP contribution < -0.4 is 9.62 Å². The quantitative estimate of drug-likeness (QED) is 0.549. The van der Waals surface area contributed by atoms with Gasteiger partial charge in [0.1, 0.15) is 12.6 Å². The third kappa shape index (κ3) is 7.75. The number of hydrogen-bond donors (Lipinski definition) is 1. The molecular weight excluding hydrogens is 462 g/mol. The molecule has 0 saturated heterocycles. The van der Waals surface area contributed by atoms with Gasteiger partial charge in [0.05, 0.1) is 11.9 Å². The summed E-state index contributed by atoms with van der Waals surface area (Å²) < 4.78 is 26.3. The summed E-state index contributed by atoms with van der Waals surface area (Å²) in [6, 6.07) is 13.6. The predicted molar refractivity (Wildman–Crippen MR) is 133 cm³/mol. The van der Waals surface area contributed by atoms with Crippen LogP contribution in [0, 0.1) is 6.92 Å². The Balaban J connectivity index is 2.35. The van der Waals surface area contributed by atoms with Gasteiger partial charge in [-0.3, -0.25) is 13.9 Å². The number of carbonyl (C=O) groups is 2. The smallest absolute Gasteiger partial charge is 0.244 e. The molecule has 0 spiro atoms. The van der Waals surface area contributed by atoms with Crippen molar-refractivity contribution in [2.75, 3.05) is 23.7 Å². The highest BCUT2D eigenvalue weighted by atomic mass is 35.5. The molecule has 0 heterocycles. The monoisotopic (exact) mass is 493 g/mol. The van der Waals surface area contributed by atoms with Gasteiger partial charge in [-0.1, -0.05) is 48.0 Å². The Hall–Kier alpha value is -2.58. The maximum absolute atomic E-state index is 13.4. The van der Waals surface area contributed by atoms with Crippen LogP contribution in [-0.2, 0) is 26.0 Å².